The SMILES string of the molecule is C=CCC(C)(C/C=C/c1ccccc1)c1ccccc1NC. The maximum atomic E-state index is 3.95. The minimum Gasteiger partial charge on any atom is -0.388 e. The molecule has 1 nitrogen and oxygen atoms in total. The first-order valence-corrected chi connectivity index (χ1v) is 7.79. The molecule has 0 heterocycles. The van der Waals surface area contributed by atoms with Gasteiger partial charge in [0.15, 0.2) is 0 Å². The van der Waals surface area contributed by atoms with Crippen LogP contribution in [0.3, 0.4) is 0 Å². The van der Waals surface area contributed by atoms with E-state index < -0.39 is 0 Å². The molecule has 0 saturated heterocycles. The second-order valence-electron chi connectivity index (χ2n) is 5.87. The van der Waals surface area contributed by atoms with Crippen molar-refractivity contribution in [1.82, 2.24) is 0 Å². The molecule has 0 aromatic heterocycles. The molecular weight excluding hydrogens is 266 g/mol. The second kappa shape index (κ2) is 7.65. The Balaban J connectivity index is 2.24. The summed E-state index contributed by atoms with van der Waals surface area (Å²) in [5.74, 6) is 0. The number of para-hydroxylation sites is 1. The van der Waals surface area contributed by atoms with Crippen LogP contribution in [0, 0.1) is 0 Å². The van der Waals surface area contributed by atoms with Crippen LogP contribution in [-0.2, 0) is 5.41 Å². The fourth-order valence-electron chi connectivity index (χ4n) is 2.87. The number of rotatable bonds is 7. The van der Waals surface area contributed by atoms with Crippen molar-refractivity contribution in [3.05, 3.63) is 84.5 Å². The minimum absolute atomic E-state index is 0.0482. The molecule has 0 radical (unpaired) electrons. The van der Waals surface area contributed by atoms with Gasteiger partial charge in [-0.2, -0.15) is 0 Å². The predicted octanol–water partition coefficient (Wildman–Crippen LogP) is 5.67. The number of nitrogens with one attached hydrogen (secondary N) is 1. The number of anilines is 1. The summed E-state index contributed by atoms with van der Waals surface area (Å²) in [6.07, 6.45) is 8.41. The largest absolute Gasteiger partial charge is 0.388 e. The molecule has 0 bridgehead atoms. The van der Waals surface area contributed by atoms with Crippen LogP contribution in [-0.4, -0.2) is 7.05 Å². The smallest absolute Gasteiger partial charge is 0.0375 e. The quantitative estimate of drug-likeness (QED) is 0.648. The Hall–Kier alpha value is -2.28. The van der Waals surface area contributed by atoms with Crippen LogP contribution >= 0.6 is 0 Å². The Morgan fingerprint density at radius 3 is 2.36 bits per heavy atom. The topological polar surface area (TPSA) is 12.0 Å². The molecule has 2 aromatic rings. The lowest BCUT2D eigenvalue weighted by Crippen LogP contribution is -2.21. The van der Waals surface area contributed by atoms with Gasteiger partial charge in [-0.05, 0) is 30.0 Å². The Morgan fingerprint density at radius 1 is 1.00 bits per heavy atom. The Labute approximate surface area is 134 Å². The first-order valence-electron chi connectivity index (χ1n) is 7.79. The van der Waals surface area contributed by atoms with Crippen molar-refractivity contribution >= 4 is 11.8 Å². The highest BCUT2D eigenvalue weighted by atomic mass is 14.8. The summed E-state index contributed by atoms with van der Waals surface area (Å²) in [7, 11) is 1.98. The normalized spacial score (nSPS) is 13.7. The highest BCUT2D eigenvalue weighted by Gasteiger charge is 2.26. The summed E-state index contributed by atoms with van der Waals surface area (Å²) in [5, 5.41) is 3.31. The molecule has 0 aliphatic carbocycles. The van der Waals surface area contributed by atoms with Crippen molar-refractivity contribution < 1.29 is 0 Å². The van der Waals surface area contributed by atoms with Gasteiger partial charge in [-0.1, -0.05) is 73.7 Å². The van der Waals surface area contributed by atoms with Gasteiger partial charge in [0.05, 0.1) is 0 Å². The van der Waals surface area contributed by atoms with E-state index in [1.165, 1.54) is 16.8 Å². The third-order valence-corrected chi connectivity index (χ3v) is 4.12. The minimum atomic E-state index is 0.0482. The van der Waals surface area contributed by atoms with Crippen LogP contribution in [0.25, 0.3) is 6.08 Å². The van der Waals surface area contributed by atoms with Crippen molar-refractivity contribution in [3.8, 4) is 0 Å². The first-order chi connectivity index (χ1) is 10.7. The van der Waals surface area contributed by atoms with Gasteiger partial charge in [0.1, 0.15) is 0 Å². The van der Waals surface area contributed by atoms with E-state index in [1.54, 1.807) is 0 Å². The predicted molar refractivity (Wildman–Crippen MR) is 98.2 cm³/mol. The molecular formula is C21H25N. The summed E-state index contributed by atoms with van der Waals surface area (Å²) in [5.41, 5.74) is 3.83. The lowest BCUT2D eigenvalue weighted by Gasteiger charge is -2.30. The molecule has 22 heavy (non-hydrogen) atoms. The monoisotopic (exact) mass is 291 g/mol. The van der Waals surface area contributed by atoms with E-state index in [0.29, 0.717) is 0 Å². The van der Waals surface area contributed by atoms with Gasteiger partial charge >= 0.3 is 0 Å². The van der Waals surface area contributed by atoms with Crippen LogP contribution in [0.5, 0.6) is 0 Å². The molecule has 1 N–H and O–H groups in total. The molecule has 1 atom stereocenters. The molecule has 0 aliphatic rings. The van der Waals surface area contributed by atoms with Crippen LogP contribution in [0.2, 0.25) is 0 Å². The van der Waals surface area contributed by atoms with Gasteiger partial charge in [0, 0.05) is 18.2 Å². The zero-order valence-electron chi connectivity index (χ0n) is 13.5. The van der Waals surface area contributed by atoms with Gasteiger partial charge in [-0.3, -0.25) is 0 Å². The van der Waals surface area contributed by atoms with Crippen molar-refractivity contribution in [2.75, 3.05) is 12.4 Å². The van der Waals surface area contributed by atoms with Crippen molar-refractivity contribution in [2.24, 2.45) is 0 Å². The zero-order valence-corrected chi connectivity index (χ0v) is 13.5. The average Bonchev–Trinajstić information content (AvgIpc) is 2.56. The van der Waals surface area contributed by atoms with Gasteiger partial charge in [-0.15, -0.1) is 6.58 Å². The van der Waals surface area contributed by atoms with E-state index in [0.717, 1.165) is 12.8 Å². The summed E-state index contributed by atoms with van der Waals surface area (Å²) < 4.78 is 0. The molecule has 0 fully saturated rings. The number of allylic oxidation sites excluding steroid dienone is 2. The van der Waals surface area contributed by atoms with Crippen LogP contribution in [0.15, 0.2) is 73.3 Å². The van der Waals surface area contributed by atoms with E-state index in [4.69, 9.17) is 0 Å². The van der Waals surface area contributed by atoms with Gasteiger partial charge in [-0.25, -0.2) is 0 Å². The van der Waals surface area contributed by atoms with E-state index in [-0.39, 0.29) is 5.41 Å². The van der Waals surface area contributed by atoms with Gasteiger partial charge < -0.3 is 5.32 Å². The van der Waals surface area contributed by atoms with Crippen molar-refractivity contribution in [3.63, 3.8) is 0 Å². The molecule has 0 aliphatic heterocycles. The van der Waals surface area contributed by atoms with Crippen molar-refractivity contribution in [1.29, 1.82) is 0 Å². The summed E-state index contributed by atoms with van der Waals surface area (Å²) in [6, 6.07) is 19.0. The molecule has 2 rings (SSSR count). The van der Waals surface area contributed by atoms with E-state index in [2.05, 4.69) is 79.5 Å². The van der Waals surface area contributed by atoms with Gasteiger partial charge in [0.2, 0.25) is 0 Å². The molecule has 2 aromatic carbocycles. The van der Waals surface area contributed by atoms with Crippen LogP contribution < -0.4 is 5.32 Å². The Morgan fingerprint density at radius 2 is 1.68 bits per heavy atom. The maximum Gasteiger partial charge on any atom is 0.0375 e. The standard InChI is InChI=1S/C21H25N/c1-4-16-21(2,19-14-8-9-15-20(19)22-3)17-10-13-18-11-6-5-7-12-18/h4-15,22H,1,16-17H2,2-3H3/b13-10+. The number of hydrogen-bond donors (Lipinski definition) is 1. The molecule has 0 amide bonds. The fraction of sp³-hybridized carbons (Fsp3) is 0.238. The lowest BCUT2D eigenvalue weighted by molar-refractivity contribution is 0.487. The Kier molecular flexibility index (Phi) is 5.60. The molecule has 1 heteroatoms. The molecule has 1 unspecified atom stereocenters. The molecule has 0 spiro atoms. The fourth-order valence-corrected chi connectivity index (χ4v) is 2.87. The number of benzene rings is 2. The average molecular weight is 291 g/mol. The third-order valence-electron chi connectivity index (χ3n) is 4.12. The maximum absolute atomic E-state index is 3.95. The van der Waals surface area contributed by atoms with E-state index in [9.17, 15) is 0 Å². The Bertz CT molecular complexity index is 627. The van der Waals surface area contributed by atoms with Crippen LogP contribution in [0.4, 0.5) is 5.69 Å². The highest BCUT2D eigenvalue weighted by molar-refractivity contribution is 5.55. The summed E-state index contributed by atoms with van der Waals surface area (Å²) in [6.45, 7) is 6.25. The van der Waals surface area contributed by atoms with Crippen LogP contribution in [0.1, 0.15) is 30.9 Å². The first kappa shape index (κ1) is 16.1. The molecule has 0 saturated carbocycles. The summed E-state index contributed by atoms with van der Waals surface area (Å²) in [4.78, 5) is 0. The lowest BCUT2D eigenvalue weighted by atomic mass is 9.75. The zero-order chi connectivity index (χ0) is 15.8. The van der Waals surface area contributed by atoms with Crippen molar-refractivity contribution in [2.45, 2.75) is 25.2 Å². The van der Waals surface area contributed by atoms with E-state index >= 15 is 0 Å². The second-order valence-corrected chi connectivity index (χ2v) is 5.87. The van der Waals surface area contributed by atoms with E-state index in [1.807, 2.05) is 19.2 Å². The highest BCUT2D eigenvalue weighted by Crippen LogP contribution is 2.36. The summed E-state index contributed by atoms with van der Waals surface area (Å²) >= 11 is 0. The molecule has 114 valence electrons. The third kappa shape index (κ3) is 3.88. The van der Waals surface area contributed by atoms with Gasteiger partial charge in [0.25, 0.3) is 0 Å². The number of hydrogen-bond acceptors (Lipinski definition) is 1.